The molecule has 1 saturated heterocycles. The van der Waals surface area contributed by atoms with Crippen LogP contribution in [0, 0.1) is 0 Å². The predicted molar refractivity (Wildman–Crippen MR) is 106 cm³/mol. The number of thiocarbonyl (C=S) groups is 1. The molecule has 1 saturated carbocycles. The molecule has 0 spiro atoms. The average molecular weight is 371 g/mol. The van der Waals surface area contributed by atoms with Crippen LogP contribution in [0.4, 0.5) is 0 Å². The molecule has 1 aliphatic heterocycles. The minimum atomic E-state index is 0.0254. The molecule has 0 amide bonds. The predicted octanol–water partition coefficient (Wildman–Crippen LogP) is 3.35. The second kappa shape index (κ2) is 7.76. The van der Waals surface area contributed by atoms with Crippen molar-refractivity contribution in [3.63, 3.8) is 0 Å². The zero-order valence-electron chi connectivity index (χ0n) is 14.9. The van der Waals surface area contributed by atoms with Gasteiger partial charge in [-0.25, -0.2) is 0 Å². The van der Waals surface area contributed by atoms with E-state index in [1.165, 1.54) is 31.4 Å². The number of hydrogen-bond acceptors (Lipinski definition) is 3. The van der Waals surface area contributed by atoms with E-state index >= 15 is 0 Å². The van der Waals surface area contributed by atoms with E-state index in [-0.39, 0.29) is 18.7 Å². The molecule has 2 aromatic heterocycles. The van der Waals surface area contributed by atoms with E-state index in [1.54, 1.807) is 0 Å². The van der Waals surface area contributed by atoms with Crippen LogP contribution in [0.15, 0.2) is 42.7 Å². The van der Waals surface area contributed by atoms with Gasteiger partial charge >= 0.3 is 0 Å². The molecule has 5 nitrogen and oxygen atoms in total. The highest BCUT2D eigenvalue weighted by Crippen LogP contribution is 2.41. The van der Waals surface area contributed by atoms with E-state index in [2.05, 4.69) is 44.2 Å². The molecule has 0 aromatic carbocycles. The van der Waals surface area contributed by atoms with E-state index in [0.717, 1.165) is 17.4 Å². The smallest absolute Gasteiger partial charge is 0.170 e. The van der Waals surface area contributed by atoms with Gasteiger partial charge < -0.3 is 19.9 Å². The third-order valence-electron chi connectivity index (χ3n) is 5.59. The van der Waals surface area contributed by atoms with Crippen molar-refractivity contribution in [2.24, 2.45) is 0 Å². The lowest BCUT2D eigenvalue weighted by Gasteiger charge is -2.30. The van der Waals surface area contributed by atoms with Gasteiger partial charge in [-0.3, -0.25) is 4.98 Å². The van der Waals surface area contributed by atoms with Crippen LogP contribution in [0.25, 0.3) is 0 Å². The molecule has 0 radical (unpaired) electrons. The highest BCUT2D eigenvalue weighted by molar-refractivity contribution is 7.80. The number of nitrogens with one attached hydrogen (secondary N) is 1. The Morgan fingerprint density at radius 2 is 2.04 bits per heavy atom. The number of aliphatic hydroxyl groups excluding tert-OH is 1. The van der Waals surface area contributed by atoms with Gasteiger partial charge in [-0.2, -0.15) is 0 Å². The van der Waals surface area contributed by atoms with Crippen LogP contribution in [0.5, 0.6) is 0 Å². The van der Waals surface area contributed by atoms with Crippen molar-refractivity contribution < 1.29 is 5.11 Å². The van der Waals surface area contributed by atoms with Crippen molar-refractivity contribution in [2.75, 3.05) is 13.2 Å². The standard InChI is InChI=1S/C20H26N4OS/c25-14-6-13-24-19(17-10-5-12-23(17)15-7-1-2-8-15)18(22-20(24)26)16-9-3-4-11-21-16/h3-5,9-12,15,18-19,25H,1-2,6-8,13-14H2,(H,22,26)/t18-,19+/m1/s1. The first-order chi connectivity index (χ1) is 12.8. The molecule has 6 heteroatoms. The van der Waals surface area contributed by atoms with Gasteiger partial charge in [0.2, 0.25) is 0 Å². The summed E-state index contributed by atoms with van der Waals surface area (Å²) in [6, 6.07) is 11.1. The minimum absolute atomic E-state index is 0.0254. The summed E-state index contributed by atoms with van der Waals surface area (Å²) >= 11 is 5.66. The highest BCUT2D eigenvalue weighted by atomic mass is 32.1. The first-order valence-electron chi connectivity index (χ1n) is 9.55. The molecular formula is C20H26N4OS. The lowest BCUT2D eigenvalue weighted by atomic mass is 10.0. The molecular weight excluding hydrogens is 344 g/mol. The number of hydrogen-bond donors (Lipinski definition) is 2. The summed E-state index contributed by atoms with van der Waals surface area (Å²) in [5, 5.41) is 13.6. The molecule has 2 fully saturated rings. The van der Waals surface area contributed by atoms with Crippen LogP contribution in [-0.4, -0.2) is 37.8 Å². The van der Waals surface area contributed by atoms with Gasteiger partial charge in [0.25, 0.3) is 0 Å². The number of nitrogens with zero attached hydrogens (tertiary/aromatic N) is 3. The normalized spacial score (nSPS) is 23.6. The fourth-order valence-corrected chi connectivity index (χ4v) is 4.71. The minimum Gasteiger partial charge on any atom is -0.396 e. The number of rotatable bonds is 6. The van der Waals surface area contributed by atoms with E-state index in [0.29, 0.717) is 12.5 Å². The Kier molecular flexibility index (Phi) is 5.22. The van der Waals surface area contributed by atoms with E-state index in [1.807, 2.05) is 18.3 Å². The Morgan fingerprint density at radius 3 is 2.77 bits per heavy atom. The summed E-state index contributed by atoms with van der Waals surface area (Å²) in [6.45, 7) is 0.913. The molecule has 2 atom stereocenters. The quantitative estimate of drug-likeness (QED) is 0.764. The molecule has 3 heterocycles. The number of aliphatic hydroxyl groups is 1. The molecule has 2 N–H and O–H groups in total. The summed E-state index contributed by atoms with van der Waals surface area (Å²) in [5.41, 5.74) is 2.29. The van der Waals surface area contributed by atoms with Crippen molar-refractivity contribution in [1.29, 1.82) is 0 Å². The van der Waals surface area contributed by atoms with Crippen LogP contribution in [0.3, 0.4) is 0 Å². The summed E-state index contributed by atoms with van der Waals surface area (Å²) in [7, 11) is 0. The Hall–Kier alpha value is -1.92. The van der Waals surface area contributed by atoms with E-state index in [4.69, 9.17) is 12.2 Å². The summed E-state index contributed by atoms with van der Waals surface area (Å²) in [6.07, 6.45) is 9.87. The van der Waals surface area contributed by atoms with Crippen LogP contribution in [0.2, 0.25) is 0 Å². The lowest BCUT2D eigenvalue weighted by Crippen LogP contribution is -2.32. The SMILES string of the molecule is OCCCN1C(=S)N[C@H](c2ccccn2)[C@@H]1c1cccn1C1CCCC1. The second-order valence-corrected chi connectivity index (χ2v) is 7.56. The molecule has 2 aliphatic rings. The van der Waals surface area contributed by atoms with Crippen LogP contribution < -0.4 is 5.32 Å². The maximum absolute atomic E-state index is 9.33. The van der Waals surface area contributed by atoms with Crippen molar-refractivity contribution in [3.8, 4) is 0 Å². The summed E-state index contributed by atoms with van der Waals surface area (Å²) < 4.78 is 2.45. The first kappa shape index (κ1) is 17.5. The summed E-state index contributed by atoms with van der Waals surface area (Å²) in [5.74, 6) is 0. The fraction of sp³-hybridized carbons (Fsp3) is 0.500. The van der Waals surface area contributed by atoms with Gasteiger partial charge in [-0.05, 0) is 55.7 Å². The zero-order chi connectivity index (χ0) is 17.9. The molecule has 1 aliphatic carbocycles. The maximum atomic E-state index is 9.33. The molecule has 0 bridgehead atoms. The van der Waals surface area contributed by atoms with Crippen LogP contribution >= 0.6 is 12.2 Å². The van der Waals surface area contributed by atoms with Crippen LogP contribution in [0.1, 0.15) is 61.6 Å². The third-order valence-corrected chi connectivity index (χ3v) is 5.94. The third kappa shape index (κ3) is 3.23. The molecule has 26 heavy (non-hydrogen) atoms. The van der Waals surface area contributed by atoms with Gasteiger partial charge in [0, 0.05) is 37.3 Å². The highest BCUT2D eigenvalue weighted by Gasteiger charge is 2.41. The zero-order valence-corrected chi connectivity index (χ0v) is 15.7. The number of pyridine rings is 1. The Labute approximate surface area is 160 Å². The van der Waals surface area contributed by atoms with Gasteiger partial charge in [-0.15, -0.1) is 0 Å². The Balaban J connectivity index is 1.72. The Morgan fingerprint density at radius 1 is 1.19 bits per heavy atom. The topological polar surface area (TPSA) is 53.3 Å². The van der Waals surface area contributed by atoms with Crippen molar-refractivity contribution >= 4 is 17.3 Å². The molecule has 4 rings (SSSR count). The number of aromatic nitrogens is 2. The van der Waals surface area contributed by atoms with Gasteiger partial charge in [-0.1, -0.05) is 18.9 Å². The van der Waals surface area contributed by atoms with E-state index < -0.39 is 0 Å². The second-order valence-electron chi connectivity index (χ2n) is 7.18. The average Bonchev–Trinajstić information content (AvgIpc) is 3.40. The summed E-state index contributed by atoms with van der Waals surface area (Å²) in [4.78, 5) is 6.82. The van der Waals surface area contributed by atoms with Crippen molar-refractivity contribution in [2.45, 2.75) is 50.2 Å². The maximum Gasteiger partial charge on any atom is 0.170 e. The molecule has 138 valence electrons. The first-order valence-corrected chi connectivity index (χ1v) is 9.96. The molecule has 0 unspecified atom stereocenters. The van der Waals surface area contributed by atoms with Gasteiger partial charge in [0.05, 0.1) is 17.8 Å². The monoisotopic (exact) mass is 370 g/mol. The largest absolute Gasteiger partial charge is 0.396 e. The lowest BCUT2D eigenvalue weighted by molar-refractivity contribution is 0.241. The van der Waals surface area contributed by atoms with Crippen molar-refractivity contribution in [3.05, 3.63) is 54.1 Å². The van der Waals surface area contributed by atoms with Gasteiger partial charge in [0.15, 0.2) is 5.11 Å². The van der Waals surface area contributed by atoms with Gasteiger partial charge in [0.1, 0.15) is 0 Å². The van der Waals surface area contributed by atoms with Crippen molar-refractivity contribution in [1.82, 2.24) is 19.8 Å². The van der Waals surface area contributed by atoms with Crippen LogP contribution in [-0.2, 0) is 0 Å². The fourth-order valence-electron chi connectivity index (χ4n) is 4.38. The Bertz CT molecular complexity index is 741. The molecule has 2 aromatic rings. The van der Waals surface area contributed by atoms with E-state index in [9.17, 15) is 5.11 Å².